The predicted octanol–water partition coefficient (Wildman–Crippen LogP) is 3.67. The van der Waals surface area contributed by atoms with Crippen LogP contribution in [0.4, 0.5) is 5.82 Å². The summed E-state index contributed by atoms with van der Waals surface area (Å²) in [5, 5.41) is 4.54. The van der Waals surface area contributed by atoms with Crippen molar-refractivity contribution in [2.24, 2.45) is 0 Å². The van der Waals surface area contributed by atoms with Gasteiger partial charge in [0, 0.05) is 11.4 Å². The van der Waals surface area contributed by atoms with Gasteiger partial charge in [0.2, 0.25) is 0 Å². The first-order valence-corrected chi connectivity index (χ1v) is 5.71. The van der Waals surface area contributed by atoms with Crippen LogP contribution in [0.1, 0.15) is 25.0 Å². The number of fused-ring (bicyclic) bond motifs is 1. The highest BCUT2D eigenvalue weighted by Gasteiger charge is 2.03. The van der Waals surface area contributed by atoms with E-state index in [0.29, 0.717) is 6.04 Å². The molecule has 1 N–H and O–H groups in total. The number of rotatable bonds is 2. The van der Waals surface area contributed by atoms with Gasteiger partial charge in [-0.3, -0.25) is 0 Å². The molecular weight excluding hydrogens is 196 g/mol. The molecule has 0 amide bonds. The van der Waals surface area contributed by atoms with Crippen molar-refractivity contribution in [3.63, 3.8) is 0 Å². The third-order valence-corrected chi connectivity index (χ3v) is 2.82. The van der Waals surface area contributed by atoms with Gasteiger partial charge >= 0.3 is 0 Å². The van der Waals surface area contributed by atoms with Gasteiger partial charge in [-0.25, -0.2) is 4.98 Å². The van der Waals surface area contributed by atoms with Crippen molar-refractivity contribution in [3.05, 3.63) is 35.4 Å². The van der Waals surface area contributed by atoms with Crippen LogP contribution >= 0.6 is 0 Å². The van der Waals surface area contributed by atoms with Crippen molar-refractivity contribution in [2.75, 3.05) is 5.32 Å². The molecule has 84 valence electrons. The Labute approximate surface area is 96.7 Å². The fourth-order valence-electron chi connectivity index (χ4n) is 1.81. The van der Waals surface area contributed by atoms with Crippen LogP contribution in [0.25, 0.3) is 10.9 Å². The smallest absolute Gasteiger partial charge is 0.126 e. The lowest BCUT2D eigenvalue weighted by Gasteiger charge is -2.11. The van der Waals surface area contributed by atoms with Crippen LogP contribution in [-0.2, 0) is 0 Å². The Bertz CT molecular complexity index is 515. The second-order valence-electron chi connectivity index (χ2n) is 4.57. The Morgan fingerprint density at radius 3 is 2.44 bits per heavy atom. The molecule has 0 aliphatic rings. The number of aromatic nitrogens is 1. The zero-order valence-electron chi connectivity index (χ0n) is 10.3. The molecule has 2 heteroatoms. The summed E-state index contributed by atoms with van der Waals surface area (Å²) in [6.45, 7) is 8.49. The summed E-state index contributed by atoms with van der Waals surface area (Å²) in [5.74, 6) is 0.955. The van der Waals surface area contributed by atoms with Crippen molar-refractivity contribution in [1.29, 1.82) is 0 Å². The third-order valence-electron chi connectivity index (χ3n) is 2.82. The maximum absolute atomic E-state index is 4.66. The van der Waals surface area contributed by atoms with Gasteiger partial charge in [-0.1, -0.05) is 12.1 Å². The molecule has 0 radical (unpaired) electrons. The van der Waals surface area contributed by atoms with Crippen molar-refractivity contribution < 1.29 is 0 Å². The molecule has 16 heavy (non-hydrogen) atoms. The molecular formula is C14H18N2. The summed E-state index contributed by atoms with van der Waals surface area (Å²) in [6.07, 6.45) is 0. The first-order chi connectivity index (χ1) is 7.58. The molecule has 0 unspecified atom stereocenters. The SMILES string of the molecule is Cc1ccc2ccc(NC(C)C)nc2c1C. The zero-order chi connectivity index (χ0) is 11.7. The zero-order valence-corrected chi connectivity index (χ0v) is 10.3. The molecule has 0 saturated heterocycles. The monoisotopic (exact) mass is 214 g/mol. The first-order valence-electron chi connectivity index (χ1n) is 5.71. The molecule has 0 atom stereocenters. The average Bonchev–Trinajstić information content (AvgIpc) is 2.23. The molecule has 2 rings (SSSR count). The molecule has 2 nitrogen and oxygen atoms in total. The number of nitrogens with zero attached hydrogens (tertiary/aromatic N) is 1. The summed E-state index contributed by atoms with van der Waals surface area (Å²) in [6, 6.07) is 8.85. The third kappa shape index (κ3) is 2.01. The van der Waals surface area contributed by atoms with E-state index in [1.807, 2.05) is 6.07 Å². The highest BCUT2D eigenvalue weighted by molar-refractivity contribution is 5.84. The number of nitrogens with one attached hydrogen (secondary N) is 1. The summed E-state index contributed by atoms with van der Waals surface area (Å²) >= 11 is 0. The van der Waals surface area contributed by atoms with E-state index in [0.717, 1.165) is 11.3 Å². The van der Waals surface area contributed by atoms with Crippen LogP contribution in [-0.4, -0.2) is 11.0 Å². The molecule has 1 heterocycles. The van der Waals surface area contributed by atoms with E-state index in [1.165, 1.54) is 16.5 Å². The molecule has 0 saturated carbocycles. The molecule has 0 aliphatic carbocycles. The van der Waals surface area contributed by atoms with Crippen molar-refractivity contribution in [2.45, 2.75) is 33.7 Å². The number of hydrogen-bond acceptors (Lipinski definition) is 2. The second-order valence-corrected chi connectivity index (χ2v) is 4.57. The Morgan fingerprint density at radius 1 is 1.06 bits per heavy atom. The Morgan fingerprint density at radius 2 is 1.75 bits per heavy atom. The van der Waals surface area contributed by atoms with E-state index < -0.39 is 0 Å². The number of anilines is 1. The van der Waals surface area contributed by atoms with Gasteiger partial charge in [0.05, 0.1) is 5.52 Å². The van der Waals surface area contributed by atoms with Gasteiger partial charge in [0.15, 0.2) is 0 Å². The van der Waals surface area contributed by atoms with Gasteiger partial charge in [-0.15, -0.1) is 0 Å². The minimum Gasteiger partial charge on any atom is -0.368 e. The lowest BCUT2D eigenvalue weighted by Crippen LogP contribution is -2.10. The van der Waals surface area contributed by atoms with Crippen LogP contribution in [0.3, 0.4) is 0 Å². The molecule has 0 spiro atoms. The normalized spacial score (nSPS) is 11.1. The fraction of sp³-hybridized carbons (Fsp3) is 0.357. The van der Waals surface area contributed by atoms with E-state index >= 15 is 0 Å². The van der Waals surface area contributed by atoms with E-state index in [-0.39, 0.29) is 0 Å². The second kappa shape index (κ2) is 4.12. The Kier molecular flexibility index (Phi) is 2.82. The standard InChI is InChI=1S/C14H18N2/c1-9(2)15-13-8-7-12-6-5-10(3)11(4)14(12)16-13/h5-9H,1-4H3,(H,15,16). The van der Waals surface area contributed by atoms with Crippen LogP contribution < -0.4 is 5.32 Å². The van der Waals surface area contributed by atoms with Gasteiger partial charge < -0.3 is 5.32 Å². The van der Waals surface area contributed by atoms with Crippen molar-refractivity contribution in [1.82, 2.24) is 4.98 Å². The van der Waals surface area contributed by atoms with Gasteiger partial charge in [-0.2, -0.15) is 0 Å². The van der Waals surface area contributed by atoms with E-state index in [2.05, 4.69) is 56.2 Å². The molecule has 0 bridgehead atoms. The Hall–Kier alpha value is -1.57. The van der Waals surface area contributed by atoms with E-state index in [9.17, 15) is 0 Å². The average molecular weight is 214 g/mol. The number of pyridine rings is 1. The minimum atomic E-state index is 0.412. The highest BCUT2D eigenvalue weighted by atomic mass is 15.0. The molecule has 1 aromatic heterocycles. The fourth-order valence-corrected chi connectivity index (χ4v) is 1.81. The maximum atomic E-state index is 4.66. The van der Waals surface area contributed by atoms with Crippen molar-refractivity contribution >= 4 is 16.7 Å². The largest absolute Gasteiger partial charge is 0.368 e. The summed E-state index contributed by atoms with van der Waals surface area (Å²) in [5.41, 5.74) is 3.66. The molecule has 0 fully saturated rings. The summed E-state index contributed by atoms with van der Waals surface area (Å²) in [7, 11) is 0. The van der Waals surface area contributed by atoms with E-state index in [1.54, 1.807) is 0 Å². The quantitative estimate of drug-likeness (QED) is 0.825. The van der Waals surface area contributed by atoms with Gasteiger partial charge in [-0.05, 0) is 51.0 Å². The Balaban J connectivity index is 2.55. The van der Waals surface area contributed by atoms with Crippen molar-refractivity contribution in [3.8, 4) is 0 Å². The number of benzene rings is 1. The highest BCUT2D eigenvalue weighted by Crippen LogP contribution is 2.21. The summed E-state index contributed by atoms with van der Waals surface area (Å²) in [4.78, 5) is 4.66. The van der Waals surface area contributed by atoms with Crippen LogP contribution in [0.15, 0.2) is 24.3 Å². The number of aryl methyl sites for hydroxylation is 2. The first kappa shape index (κ1) is 10.9. The predicted molar refractivity (Wildman–Crippen MR) is 70.0 cm³/mol. The molecule has 1 aromatic carbocycles. The van der Waals surface area contributed by atoms with E-state index in [4.69, 9.17) is 0 Å². The van der Waals surface area contributed by atoms with Crippen LogP contribution in [0.5, 0.6) is 0 Å². The lowest BCUT2D eigenvalue weighted by molar-refractivity contribution is 0.891. The van der Waals surface area contributed by atoms with Crippen LogP contribution in [0, 0.1) is 13.8 Å². The summed E-state index contributed by atoms with van der Waals surface area (Å²) < 4.78 is 0. The van der Waals surface area contributed by atoms with Gasteiger partial charge in [0.1, 0.15) is 5.82 Å². The topological polar surface area (TPSA) is 24.9 Å². The number of hydrogen-bond donors (Lipinski definition) is 1. The molecule has 0 aliphatic heterocycles. The molecule has 2 aromatic rings. The minimum absolute atomic E-state index is 0.412. The van der Waals surface area contributed by atoms with Crippen LogP contribution in [0.2, 0.25) is 0 Å². The maximum Gasteiger partial charge on any atom is 0.126 e. The lowest BCUT2D eigenvalue weighted by atomic mass is 10.1. The van der Waals surface area contributed by atoms with Gasteiger partial charge in [0.25, 0.3) is 0 Å².